The summed E-state index contributed by atoms with van der Waals surface area (Å²) >= 11 is 6.20. The fourth-order valence-electron chi connectivity index (χ4n) is 2.99. The van der Waals surface area contributed by atoms with Crippen LogP contribution >= 0.6 is 11.6 Å². The van der Waals surface area contributed by atoms with Gasteiger partial charge in [-0.25, -0.2) is 0 Å². The van der Waals surface area contributed by atoms with Crippen molar-refractivity contribution in [2.24, 2.45) is 0 Å². The number of nitrogens with two attached hydrogens (primary N) is 1. The molecule has 2 aromatic rings. The Balaban J connectivity index is 1.66. The minimum Gasteiger partial charge on any atom is -0.399 e. The molecule has 3 rings (SSSR count). The summed E-state index contributed by atoms with van der Waals surface area (Å²) in [7, 11) is 0. The van der Waals surface area contributed by atoms with E-state index in [9.17, 15) is 9.59 Å². The number of hydrogen-bond acceptors (Lipinski definition) is 3. The van der Waals surface area contributed by atoms with Gasteiger partial charge in [-0.2, -0.15) is 0 Å². The van der Waals surface area contributed by atoms with Gasteiger partial charge in [0.2, 0.25) is 11.8 Å². The number of para-hydroxylation sites is 1. The topological polar surface area (TPSA) is 75.4 Å². The molecule has 0 radical (unpaired) electrons. The molecule has 1 unspecified atom stereocenters. The Kier molecular flexibility index (Phi) is 5.24. The summed E-state index contributed by atoms with van der Waals surface area (Å²) in [5.41, 5.74) is 7.85. The maximum Gasteiger partial charge on any atom is 0.249 e. The number of halogens is 1. The van der Waals surface area contributed by atoms with E-state index in [0.29, 0.717) is 29.4 Å². The number of piperidine rings is 1. The summed E-state index contributed by atoms with van der Waals surface area (Å²) in [4.78, 5) is 26.7. The van der Waals surface area contributed by atoms with Crippen LogP contribution in [-0.2, 0) is 16.0 Å². The van der Waals surface area contributed by atoms with Crippen molar-refractivity contribution in [2.75, 3.05) is 17.2 Å². The van der Waals surface area contributed by atoms with Crippen LogP contribution in [0.5, 0.6) is 0 Å². The van der Waals surface area contributed by atoms with Crippen LogP contribution < -0.4 is 16.0 Å². The van der Waals surface area contributed by atoms with Crippen molar-refractivity contribution in [1.29, 1.82) is 0 Å². The summed E-state index contributed by atoms with van der Waals surface area (Å²) in [5.74, 6) is -0.297. The number of nitrogens with zero attached hydrogens (tertiary/aromatic N) is 1. The van der Waals surface area contributed by atoms with Crippen LogP contribution in [0, 0.1) is 0 Å². The van der Waals surface area contributed by atoms with Crippen LogP contribution in [0.2, 0.25) is 5.02 Å². The van der Waals surface area contributed by atoms with Crippen LogP contribution in [-0.4, -0.2) is 24.4 Å². The Morgan fingerprint density at radius 2 is 1.92 bits per heavy atom. The number of nitrogens with one attached hydrogen (secondary N) is 1. The van der Waals surface area contributed by atoms with Gasteiger partial charge in [-0.05, 0) is 42.7 Å². The number of carbonyl (C=O) groups excluding carboxylic acids is 2. The fourth-order valence-corrected chi connectivity index (χ4v) is 3.22. The molecule has 0 aliphatic carbocycles. The molecule has 0 aromatic heterocycles. The molecule has 1 heterocycles. The van der Waals surface area contributed by atoms with Crippen LogP contribution in [0.4, 0.5) is 11.4 Å². The van der Waals surface area contributed by atoms with E-state index in [2.05, 4.69) is 5.32 Å². The van der Waals surface area contributed by atoms with Crippen LogP contribution in [0.1, 0.15) is 18.4 Å². The molecule has 1 saturated heterocycles. The second kappa shape index (κ2) is 7.57. The third-order valence-corrected chi connectivity index (χ3v) is 4.58. The summed E-state index contributed by atoms with van der Waals surface area (Å²) in [6.45, 7) is 0.604. The Labute approximate surface area is 151 Å². The highest BCUT2D eigenvalue weighted by atomic mass is 35.5. The van der Waals surface area contributed by atoms with Crippen molar-refractivity contribution in [1.82, 2.24) is 5.32 Å². The lowest BCUT2D eigenvalue weighted by Crippen LogP contribution is -2.52. The molecule has 2 amide bonds. The lowest BCUT2D eigenvalue weighted by atomic mass is 10.0. The van der Waals surface area contributed by atoms with Crippen molar-refractivity contribution in [3.63, 3.8) is 0 Å². The molecule has 3 N–H and O–H groups in total. The summed E-state index contributed by atoms with van der Waals surface area (Å²) in [6, 6.07) is 13.9. The number of hydrogen-bond donors (Lipinski definition) is 2. The van der Waals surface area contributed by atoms with Crippen molar-refractivity contribution in [3.05, 3.63) is 59.1 Å². The van der Waals surface area contributed by atoms with Crippen molar-refractivity contribution in [3.8, 4) is 0 Å². The molecule has 1 fully saturated rings. The molecule has 130 valence electrons. The number of amides is 2. The van der Waals surface area contributed by atoms with Gasteiger partial charge in [0.25, 0.3) is 0 Å². The van der Waals surface area contributed by atoms with Gasteiger partial charge in [0, 0.05) is 12.2 Å². The first-order valence-electron chi connectivity index (χ1n) is 8.24. The Morgan fingerprint density at radius 3 is 2.64 bits per heavy atom. The minimum absolute atomic E-state index is 0.120. The van der Waals surface area contributed by atoms with Gasteiger partial charge in [-0.15, -0.1) is 0 Å². The van der Waals surface area contributed by atoms with E-state index in [1.165, 1.54) is 0 Å². The molecule has 1 atom stereocenters. The van der Waals surface area contributed by atoms with Gasteiger partial charge < -0.3 is 16.0 Å². The van der Waals surface area contributed by atoms with E-state index in [0.717, 1.165) is 12.0 Å². The zero-order valence-corrected chi connectivity index (χ0v) is 14.5. The van der Waals surface area contributed by atoms with Crippen molar-refractivity contribution < 1.29 is 9.59 Å². The smallest absolute Gasteiger partial charge is 0.249 e. The second-order valence-corrected chi connectivity index (χ2v) is 6.53. The average molecular weight is 358 g/mol. The number of anilines is 2. The third-order valence-electron chi connectivity index (χ3n) is 4.26. The minimum atomic E-state index is -0.522. The molecule has 1 aliphatic heterocycles. The SMILES string of the molecule is Nc1ccc(CC(=O)NC2CCCN(c3ccccc3Cl)C2=O)cc1. The van der Waals surface area contributed by atoms with Crippen molar-refractivity contribution in [2.45, 2.75) is 25.3 Å². The van der Waals surface area contributed by atoms with Crippen LogP contribution in [0.25, 0.3) is 0 Å². The van der Waals surface area contributed by atoms with Crippen molar-refractivity contribution >= 4 is 34.8 Å². The molecule has 25 heavy (non-hydrogen) atoms. The zero-order valence-electron chi connectivity index (χ0n) is 13.7. The van der Waals surface area contributed by atoms with E-state index in [4.69, 9.17) is 17.3 Å². The average Bonchev–Trinajstić information content (AvgIpc) is 2.60. The highest BCUT2D eigenvalue weighted by Crippen LogP contribution is 2.28. The lowest BCUT2D eigenvalue weighted by Gasteiger charge is -2.33. The molecular formula is C19H20ClN3O2. The zero-order chi connectivity index (χ0) is 17.8. The summed E-state index contributed by atoms with van der Waals surface area (Å²) in [6.07, 6.45) is 1.66. The summed E-state index contributed by atoms with van der Waals surface area (Å²) in [5, 5.41) is 3.38. The molecule has 0 saturated carbocycles. The summed E-state index contributed by atoms with van der Waals surface area (Å²) < 4.78 is 0. The van der Waals surface area contributed by atoms with Gasteiger partial charge in [0.15, 0.2) is 0 Å². The Bertz CT molecular complexity index is 776. The van der Waals surface area contributed by atoms with E-state index < -0.39 is 6.04 Å². The van der Waals surface area contributed by atoms with Crippen LogP contribution in [0.3, 0.4) is 0 Å². The molecule has 5 nitrogen and oxygen atoms in total. The van der Waals surface area contributed by atoms with Gasteiger partial charge >= 0.3 is 0 Å². The molecule has 6 heteroatoms. The monoisotopic (exact) mass is 357 g/mol. The maximum atomic E-state index is 12.7. The number of nitrogen functional groups attached to an aromatic ring is 1. The lowest BCUT2D eigenvalue weighted by molar-refractivity contribution is -0.128. The van der Waals surface area contributed by atoms with E-state index in [-0.39, 0.29) is 18.2 Å². The van der Waals surface area contributed by atoms with E-state index >= 15 is 0 Å². The number of benzene rings is 2. The molecule has 0 spiro atoms. The van der Waals surface area contributed by atoms with E-state index in [1.807, 2.05) is 30.3 Å². The second-order valence-electron chi connectivity index (χ2n) is 6.12. The molecular weight excluding hydrogens is 338 g/mol. The van der Waals surface area contributed by atoms with Gasteiger partial charge in [0.1, 0.15) is 6.04 Å². The van der Waals surface area contributed by atoms with E-state index in [1.54, 1.807) is 23.1 Å². The first-order chi connectivity index (χ1) is 12.0. The quantitative estimate of drug-likeness (QED) is 0.826. The van der Waals surface area contributed by atoms with Crippen LogP contribution in [0.15, 0.2) is 48.5 Å². The Hall–Kier alpha value is -2.53. The highest BCUT2D eigenvalue weighted by molar-refractivity contribution is 6.33. The maximum absolute atomic E-state index is 12.7. The van der Waals surface area contributed by atoms with Gasteiger partial charge in [-0.1, -0.05) is 35.9 Å². The predicted octanol–water partition coefficient (Wildman–Crippen LogP) is 2.78. The fraction of sp³-hybridized carbons (Fsp3) is 0.263. The Morgan fingerprint density at radius 1 is 1.20 bits per heavy atom. The number of carbonyl (C=O) groups is 2. The third kappa shape index (κ3) is 4.12. The predicted molar refractivity (Wildman–Crippen MR) is 99.5 cm³/mol. The number of rotatable bonds is 4. The first kappa shape index (κ1) is 17.3. The largest absolute Gasteiger partial charge is 0.399 e. The van der Waals surface area contributed by atoms with Gasteiger partial charge in [0.05, 0.1) is 17.1 Å². The molecule has 1 aliphatic rings. The normalized spacial score (nSPS) is 17.4. The molecule has 2 aromatic carbocycles. The highest BCUT2D eigenvalue weighted by Gasteiger charge is 2.31. The molecule has 0 bridgehead atoms. The first-order valence-corrected chi connectivity index (χ1v) is 8.62. The standard InChI is InChI=1S/C19H20ClN3O2/c20-15-4-1-2-6-17(15)23-11-3-5-16(19(23)25)22-18(24)12-13-7-9-14(21)10-8-13/h1-2,4,6-10,16H,3,5,11-12,21H2,(H,22,24). The van der Waals surface area contributed by atoms with Gasteiger partial charge in [-0.3, -0.25) is 9.59 Å².